The molecular formula is C17H14Cl2N4O2. The number of ether oxygens (including phenoxy) is 1. The van der Waals surface area contributed by atoms with Gasteiger partial charge in [0.2, 0.25) is 5.82 Å². The number of nitrogens with one attached hydrogen (secondary N) is 1. The van der Waals surface area contributed by atoms with Gasteiger partial charge in [-0.05, 0) is 43.3 Å². The molecule has 0 spiro atoms. The lowest BCUT2D eigenvalue weighted by Crippen LogP contribution is -2.14. The van der Waals surface area contributed by atoms with Crippen molar-refractivity contribution in [3.8, 4) is 11.4 Å². The van der Waals surface area contributed by atoms with E-state index < -0.39 is 5.91 Å². The maximum Gasteiger partial charge on any atom is 0.295 e. The molecular weight excluding hydrogens is 363 g/mol. The third kappa shape index (κ3) is 3.75. The molecule has 1 N–H and O–H groups in total. The predicted octanol–water partition coefficient (Wildman–Crippen LogP) is 4.14. The fraction of sp³-hybridized carbons (Fsp3) is 0.118. The second kappa shape index (κ2) is 7.13. The van der Waals surface area contributed by atoms with Crippen LogP contribution in [0.3, 0.4) is 0 Å². The molecule has 0 atom stereocenters. The van der Waals surface area contributed by atoms with Crippen LogP contribution in [0.4, 0.5) is 5.69 Å². The van der Waals surface area contributed by atoms with Gasteiger partial charge in [-0.1, -0.05) is 23.2 Å². The number of aromatic nitrogens is 3. The monoisotopic (exact) mass is 376 g/mol. The highest BCUT2D eigenvalue weighted by molar-refractivity contribution is 6.34. The van der Waals surface area contributed by atoms with Crippen LogP contribution in [0.15, 0.2) is 42.5 Å². The average molecular weight is 377 g/mol. The fourth-order valence-electron chi connectivity index (χ4n) is 2.22. The quantitative estimate of drug-likeness (QED) is 0.742. The first-order valence-corrected chi connectivity index (χ1v) is 8.08. The van der Waals surface area contributed by atoms with Crippen LogP contribution in [-0.4, -0.2) is 27.8 Å². The van der Waals surface area contributed by atoms with Crippen LogP contribution in [0.1, 0.15) is 16.4 Å². The van der Waals surface area contributed by atoms with E-state index in [1.54, 1.807) is 61.2 Å². The van der Waals surface area contributed by atoms with Gasteiger partial charge in [0.15, 0.2) is 0 Å². The Bertz CT molecular complexity index is 923. The number of methoxy groups -OCH3 is 1. The van der Waals surface area contributed by atoms with Crippen LogP contribution in [0.2, 0.25) is 10.0 Å². The van der Waals surface area contributed by atoms with Crippen molar-refractivity contribution in [2.75, 3.05) is 12.4 Å². The normalized spacial score (nSPS) is 10.6. The number of hydrogen-bond acceptors (Lipinski definition) is 4. The number of nitrogens with zero attached hydrogens (tertiary/aromatic N) is 3. The minimum atomic E-state index is -0.456. The molecule has 8 heteroatoms. The molecule has 3 rings (SSSR count). The van der Waals surface area contributed by atoms with E-state index in [-0.39, 0.29) is 5.82 Å². The largest absolute Gasteiger partial charge is 0.497 e. The smallest absolute Gasteiger partial charge is 0.295 e. The summed E-state index contributed by atoms with van der Waals surface area (Å²) in [6.45, 7) is 1.76. The van der Waals surface area contributed by atoms with Gasteiger partial charge < -0.3 is 10.1 Å². The molecule has 0 radical (unpaired) electrons. The summed E-state index contributed by atoms with van der Waals surface area (Å²) in [5.41, 5.74) is 1.21. The van der Waals surface area contributed by atoms with Crippen LogP contribution < -0.4 is 10.1 Å². The Kier molecular flexibility index (Phi) is 4.92. The fourth-order valence-corrected chi connectivity index (χ4v) is 2.56. The van der Waals surface area contributed by atoms with Gasteiger partial charge in [0.25, 0.3) is 5.91 Å². The molecule has 25 heavy (non-hydrogen) atoms. The van der Waals surface area contributed by atoms with Gasteiger partial charge in [0, 0.05) is 11.1 Å². The summed E-state index contributed by atoms with van der Waals surface area (Å²) in [6, 6.07) is 12.1. The number of anilines is 1. The number of rotatable bonds is 4. The first-order chi connectivity index (χ1) is 12.0. The first-order valence-electron chi connectivity index (χ1n) is 7.32. The Hall–Kier alpha value is -2.57. The van der Waals surface area contributed by atoms with E-state index in [9.17, 15) is 4.79 Å². The molecule has 2 aromatic carbocycles. The van der Waals surface area contributed by atoms with E-state index in [0.717, 1.165) is 5.69 Å². The van der Waals surface area contributed by atoms with Crippen molar-refractivity contribution in [2.24, 2.45) is 0 Å². The number of carbonyl (C=O) groups excluding carboxylic acids is 1. The van der Waals surface area contributed by atoms with Crippen LogP contribution in [0.25, 0.3) is 5.69 Å². The van der Waals surface area contributed by atoms with Crippen LogP contribution in [0, 0.1) is 6.92 Å². The number of aryl methyl sites for hydroxylation is 1. The maximum atomic E-state index is 12.4. The van der Waals surface area contributed by atoms with E-state index in [1.807, 2.05) is 0 Å². The molecule has 0 aliphatic carbocycles. The van der Waals surface area contributed by atoms with Gasteiger partial charge in [-0.2, -0.15) is 0 Å². The predicted molar refractivity (Wildman–Crippen MR) is 97.1 cm³/mol. The summed E-state index contributed by atoms with van der Waals surface area (Å²) in [5, 5.41) is 7.93. The zero-order valence-electron chi connectivity index (χ0n) is 13.5. The zero-order valence-corrected chi connectivity index (χ0v) is 15.0. The highest BCUT2D eigenvalue weighted by Gasteiger charge is 2.16. The van der Waals surface area contributed by atoms with Crippen molar-refractivity contribution in [2.45, 2.75) is 6.92 Å². The highest BCUT2D eigenvalue weighted by Crippen LogP contribution is 2.27. The summed E-state index contributed by atoms with van der Waals surface area (Å²) >= 11 is 12.0. The van der Waals surface area contributed by atoms with E-state index in [0.29, 0.717) is 27.3 Å². The Labute approximate surface area is 154 Å². The van der Waals surface area contributed by atoms with Gasteiger partial charge in [0.05, 0.1) is 23.5 Å². The molecule has 0 saturated carbocycles. The van der Waals surface area contributed by atoms with Crippen molar-refractivity contribution in [3.05, 3.63) is 64.2 Å². The molecule has 0 bridgehead atoms. The number of halogens is 2. The standard InChI is InChI=1S/C17H14Cl2N4O2/c1-10-20-16(22-23(10)12-5-3-11(18)4-6-12)17(24)21-15-8-7-13(25-2)9-14(15)19/h3-9H,1-2H3,(H,21,24). The Morgan fingerprint density at radius 1 is 1.16 bits per heavy atom. The van der Waals surface area contributed by atoms with Gasteiger partial charge in [-0.25, -0.2) is 9.67 Å². The molecule has 3 aromatic rings. The van der Waals surface area contributed by atoms with E-state index >= 15 is 0 Å². The lowest BCUT2D eigenvalue weighted by atomic mass is 10.3. The van der Waals surface area contributed by atoms with Crippen molar-refractivity contribution in [3.63, 3.8) is 0 Å². The van der Waals surface area contributed by atoms with Crippen molar-refractivity contribution in [1.82, 2.24) is 14.8 Å². The molecule has 1 aromatic heterocycles. The van der Waals surface area contributed by atoms with Crippen molar-refractivity contribution < 1.29 is 9.53 Å². The number of hydrogen-bond donors (Lipinski definition) is 1. The van der Waals surface area contributed by atoms with E-state index in [2.05, 4.69) is 15.4 Å². The zero-order chi connectivity index (χ0) is 18.0. The van der Waals surface area contributed by atoms with Gasteiger partial charge in [0.1, 0.15) is 11.6 Å². The Morgan fingerprint density at radius 3 is 2.52 bits per heavy atom. The SMILES string of the molecule is COc1ccc(NC(=O)c2nc(C)n(-c3ccc(Cl)cc3)n2)c(Cl)c1. The Morgan fingerprint density at radius 2 is 1.88 bits per heavy atom. The minimum Gasteiger partial charge on any atom is -0.497 e. The van der Waals surface area contributed by atoms with Gasteiger partial charge in [-0.3, -0.25) is 4.79 Å². The van der Waals surface area contributed by atoms with Gasteiger partial charge >= 0.3 is 0 Å². The lowest BCUT2D eigenvalue weighted by Gasteiger charge is -2.07. The van der Waals surface area contributed by atoms with Crippen LogP contribution in [-0.2, 0) is 0 Å². The molecule has 128 valence electrons. The maximum absolute atomic E-state index is 12.4. The number of carbonyl (C=O) groups is 1. The average Bonchev–Trinajstić information content (AvgIpc) is 2.99. The lowest BCUT2D eigenvalue weighted by molar-refractivity contribution is 0.101. The second-order valence-corrected chi connectivity index (χ2v) is 6.01. The van der Waals surface area contributed by atoms with Crippen LogP contribution >= 0.6 is 23.2 Å². The molecule has 0 saturated heterocycles. The minimum absolute atomic E-state index is 0.0411. The van der Waals surface area contributed by atoms with E-state index in [1.165, 1.54) is 0 Å². The van der Waals surface area contributed by atoms with Crippen molar-refractivity contribution in [1.29, 1.82) is 0 Å². The molecule has 0 unspecified atom stereocenters. The van der Waals surface area contributed by atoms with E-state index in [4.69, 9.17) is 27.9 Å². The molecule has 0 fully saturated rings. The Balaban J connectivity index is 1.84. The molecule has 1 heterocycles. The van der Waals surface area contributed by atoms with Gasteiger partial charge in [-0.15, -0.1) is 5.10 Å². The third-order valence-electron chi connectivity index (χ3n) is 3.47. The summed E-state index contributed by atoms with van der Waals surface area (Å²) in [6.07, 6.45) is 0. The molecule has 1 amide bonds. The molecule has 0 aliphatic rings. The summed E-state index contributed by atoms with van der Waals surface area (Å²) < 4.78 is 6.65. The second-order valence-electron chi connectivity index (χ2n) is 5.17. The summed E-state index contributed by atoms with van der Waals surface area (Å²) in [4.78, 5) is 16.6. The van der Waals surface area contributed by atoms with Crippen LogP contribution in [0.5, 0.6) is 5.75 Å². The van der Waals surface area contributed by atoms with Crippen molar-refractivity contribution >= 4 is 34.8 Å². The summed E-state index contributed by atoms with van der Waals surface area (Å²) in [5.74, 6) is 0.763. The molecule has 6 nitrogen and oxygen atoms in total. The molecule has 0 aliphatic heterocycles. The topological polar surface area (TPSA) is 69.0 Å². The first kappa shape index (κ1) is 17.3. The third-order valence-corrected chi connectivity index (χ3v) is 4.03. The highest BCUT2D eigenvalue weighted by atomic mass is 35.5. The summed E-state index contributed by atoms with van der Waals surface area (Å²) in [7, 11) is 1.54. The number of amides is 1. The number of benzene rings is 2.